The summed E-state index contributed by atoms with van der Waals surface area (Å²) in [6.45, 7) is -0.112. The Morgan fingerprint density at radius 3 is 2.71 bits per heavy atom. The average molecular weight is 289 g/mol. The molecule has 0 aliphatic carbocycles. The van der Waals surface area contributed by atoms with E-state index in [4.69, 9.17) is 14.9 Å². The van der Waals surface area contributed by atoms with E-state index in [1.165, 1.54) is 13.4 Å². The summed E-state index contributed by atoms with van der Waals surface area (Å²) in [6, 6.07) is 8.01. The first-order chi connectivity index (χ1) is 10.1. The maximum atomic E-state index is 11.9. The molecule has 2 amide bonds. The molecule has 4 N–H and O–H groups in total. The van der Waals surface area contributed by atoms with Crippen LogP contribution < -0.4 is 21.1 Å². The van der Waals surface area contributed by atoms with Crippen LogP contribution in [0.5, 0.6) is 5.75 Å². The van der Waals surface area contributed by atoms with E-state index in [0.29, 0.717) is 17.1 Å². The molecule has 1 aromatic carbocycles. The van der Waals surface area contributed by atoms with Crippen LogP contribution in [0, 0.1) is 0 Å². The number of carbonyl (C=O) groups is 2. The Hall–Kier alpha value is -2.80. The van der Waals surface area contributed by atoms with Gasteiger partial charge in [0.05, 0.1) is 25.6 Å². The Labute approximate surface area is 121 Å². The fourth-order valence-corrected chi connectivity index (χ4v) is 1.68. The summed E-state index contributed by atoms with van der Waals surface area (Å²) >= 11 is 0. The highest BCUT2D eigenvalue weighted by atomic mass is 16.5. The predicted octanol–water partition coefficient (Wildman–Crippen LogP) is 1.44. The molecule has 2 aromatic rings. The maximum Gasteiger partial charge on any atom is 0.291 e. The molecule has 21 heavy (non-hydrogen) atoms. The number of hydrogen-bond donors (Lipinski definition) is 3. The molecule has 1 aromatic heterocycles. The quantitative estimate of drug-likeness (QED) is 0.772. The van der Waals surface area contributed by atoms with Crippen molar-refractivity contribution in [2.75, 3.05) is 24.3 Å². The fraction of sp³-hybridized carbons (Fsp3) is 0.143. The minimum Gasteiger partial charge on any atom is -0.494 e. The molecule has 0 aliphatic heterocycles. The van der Waals surface area contributed by atoms with Crippen molar-refractivity contribution in [2.24, 2.45) is 5.73 Å². The normalized spacial score (nSPS) is 10.0. The van der Waals surface area contributed by atoms with E-state index in [2.05, 4.69) is 10.6 Å². The number of nitrogens with one attached hydrogen (secondary N) is 2. The lowest BCUT2D eigenvalue weighted by Gasteiger charge is -2.11. The van der Waals surface area contributed by atoms with E-state index < -0.39 is 5.91 Å². The molecular formula is C14H15N3O4. The molecule has 0 atom stereocenters. The van der Waals surface area contributed by atoms with Gasteiger partial charge in [-0.15, -0.1) is 0 Å². The van der Waals surface area contributed by atoms with Gasteiger partial charge in [-0.1, -0.05) is 0 Å². The molecule has 110 valence electrons. The zero-order chi connectivity index (χ0) is 15.2. The molecule has 2 rings (SSSR count). The van der Waals surface area contributed by atoms with Gasteiger partial charge in [0.15, 0.2) is 5.76 Å². The van der Waals surface area contributed by atoms with E-state index in [9.17, 15) is 9.59 Å². The lowest BCUT2D eigenvalue weighted by atomic mass is 10.2. The van der Waals surface area contributed by atoms with Gasteiger partial charge in [0, 0.05) is 11.8 Å². The fourth-order valence-electron chi connectivity index (χ4n) is 1.68. The summed E-state index contributed by atoms with van der Waals surface area (Å²) in [5, 5.41) is 5.26. The number of methoxy groups -OCH3 is 1. The molecule has 0 fully saturated rings. The number of hydrogen-bond acceptors (Lipinski definition) is 5. The van der Waals surface area contributed by atoms with Crippen molar-refractivity contribution < 1.29 is 18.7 Å². The Balaban J connectivity index is 2.16. The van der Waals surface area contributed by atoms with Gasteiger partial charge < -0.3 is 25.5 Å². The number of ether oxygens (including phenoxy) is 1. The highest BCUT2D eigenvalue weighted by molar-refractivity contribution is 6.03. The van der Waals surface area contributed by atoms with Gasteiger partial charge >= 0.3 is 0 Å². The van der Waals surface area contributed by atoms with Crippen LogP contribution in [-0.4, -0.2) is 25.5 Å². The van der Waals surface area contributed by atoms with E-state index in [0.717, 1.165) is 0 Å². The number of furan rings is 1. The van der Waals surface area contributed by atoms with Gasteiger partial charge in [0.25, 0.3) is 5.91 Å². The van der Waals surface area contributed by atoms with Crippen LogP contribution in [0.2, 0.25) is 0 Å². The van der Waals surface area contributed by atoms with Crippen molar-refractivity contribution in [1.82, 2.24) is 0 Å². The molecule has 7 nitrogen and oxygen atoms in total. The molecule has 0 saturated heterocycles. The molecule has 1 heterocycles. The van der Waals surface area contributed by atoms with Crippen LogP contribution in [0.15, 0.2) is 41.0 Å². The van der Waals surface area contributed by atoms with Gasteiger partial charge in [0.1, 0.15) is 5.75 Å². The van der Waals surface area contributed by atoms with Crippen LogP contribution in [0.4, 0.5) is 11.4 Å². The maximum absolute atomic E-state index is 11.9. The minimum atomic E-state index is -0.392. The highest BCUT2D eigenvalue weighted by Gasteiger charge is 2.12. The summed E-state index contributed by atoms with van der Waals surface area (Å²) in [5.41, 5.74) is 6.22. The first-order valence-corrected chi connectivity index (χ1v) is 6.17. The van der Waals surface area contributed by atoms with Crippen LogP contribution in [-0.2, 0) is 4.79 Å². The van der Waals surface area contributed by atoms with Gasteiger partial charge in [-0.05, 0) is 24.3 Å². The van der Waals surface area contributed by atoms with Gasteiger partial charge in [-0.2, -0.15) is 0 Å². The number of anilines is 2. The van der Waals surface area contributed by atoms with Crippen LogP contribution >= 0.6 is 0 Å². The van der Waals surface area contributed by atoms with E-state index >= 15 is 0 Å². The second-order valence-electron chi connectivity index (χ2n) is 4.10. The Kier molecular flexibility index (Phi) is 4.57. The van der Waals surface area contributed by atoms with Crippen LogP contribution in [0.1, 0.15) is 10.6 Å². The molecule has 0 unspecified atom stereocenters. The average Bonchev–Trinajstić information content (AvgIpc) is 3.03. The van der Waals surface area contributed by atoms with Crippen molar-refractivity contribution in [2.45, 2.75) is 0 Å². The first kappa shape index (κ1) is 14.6. The Morgan fingerprint density at radius 2 is 2.10 bits per heavy atom. The molecule has 0 saturated carbocycles. The highest BCUT2D eigenvalue weighted by Crippen LogP contribution is 2.28. The summed E-state index contributed by atoms with van der Waals surface area (Å²) in [7, 11) is 1.46. The molecule has 7 heteroatoms. The number of nitrogens with two attached hydrogens (primary N) is 1. The van der Waals surface area contributed by atoms with Gasteiger partial charge in [-0.3, -0.25) is 9.59 Å². The molecule has 0 radical (unpaired) electrons. The third kappa shape index (κ3) is 3.61. The molecule has 0 aliphatic rings. The molecule has 0 bridgehead atoms. The van der Waals surface area contributed by atoms with E-state index in [-0.39, 0.29) is 18.2 Å². The second kappa shape index (κ2) is 6.58. The summed E-state index contributed by atoms with van der Waals surface area (Å²) in [6.07, 6.45) is 1.41. The molecular weight excluding hydrogens is 274 g/mol. The largest absolute Gasteiger partial charge is 0.494 e. The summed E-state index contributed by atoms with van der Waals surface area (Å²) in [5.74, 6) is -0.108. The Bertz CT molecular complexity index is 638. The van der Waals surface area contributed by atoms with Crippen molar-refractivity contribution in [1.29, 1.82) is 0 Å². The van der Waals surface area contributed by atoms with Gasteiger partial charge in [-0.25, -0.2) is 0 Å². The van der Waals surface area contributed by atoms with Crippen LogP contribution in [0.3, 0.4) is 0 Å². The second-order valence-corrected chi connectivity index (χ2v) is 4.10. The number of carbonyl (C=O) groups excluding carboxylic acids is 2. The molecule has 0 spiro atoms. The smallest absolute Gasteiger partial charge is 0.291 e. The van der Waals surface area contributed by atoms with E-state index in [1.807, 2.05) is 0 Å². The standard InChI is InChI=1S/C14H15N3O4/c1-20-12-7-9(16-13(18)8-15)4-5-10(12)17-14(19)11-3-2-6-21-11/h2-7H,8,15H2,1H3,(H,16,18)(H,17,19). The monoisotopic (exact) mass is 289 g/mol. The zero-order valence-corrected chi connectivity index (χ0v) is 11.4. The minimum absolute atomic E-state index is 0.112. The van der Waals surface area contributed by atoms with Crippen molar-refractivity contribution >= 4 is 23.2 Å². The lowest BCUT2D eigenvalue weighted by Crippen LogP contribution is -2.21. The van der Waals surface area contributed by atoms with E-state index in [1.54, 1.807) is 30.3 Å². The number of amides is 2. The van der Waals surface area contributed by atoms with Gasteiger partial charge in [0.2, 0.25) is 5.91 Å². The third-order valence-corrected chi connectivity index (χ3v) is 2.66. The van der Waals surface area contributed by atoms with Crippen molar-refractivity contribution in [3.63, 3.8) is 0 Å². The van der Waals surface area contributed by atoms with Crippen molar-refractivity contribution in [3.05, 3.63) is 42.4 Å². The number of rotatable bonds is 5. The third-order valence-electron chi connectivity index (χ3n) is 2.66. The zero-order valence-electron chi connectivity index (χ0n) is 11.4. The van der Waals surface area contributed by atoms with Crippen molar-refractivity contribution in [3.8, 4) is 5.75 Å². The summed E-state index contributed by atoms with van der Waals surface area (Å²) < 4.78 is 10.2. The predicted molar refractivity (Wildman–Crippen MR) is 77.3 cm³/mol. The van der Waals surface area contributed by atoms with Crippen LogP contribution in [0.25, 0.3) is 0 Å². The SMILES string of the molecule is COc1cc(NC(=O)CN)ccc1NC(=O)c1ccco1. The number of benzene rings is 1. The topological polar surface area (TPSA) is 107 Å². The first-order valence-electron chi connectivity index (χ1n) is 6.17. The lowest BCUT2D eigenvalue weighted by molar-refractivity contribution is -0.114. The Morgan fingerprint density at radius 1 is 1.29 bits per heavy atom. The summed E-state index contributed by atoms with van der Waals surface area (Å²) in [4.78, 5) is 23.1.